The van der Waals surface area contributed by atoms with Gasteiger partial charge in [0, 0.05) is 26.1 Å². The Labute approximate surface area is 155 Å². The minimum absolute atomic E-state index is 0.0790. The van der Waals surface area contributed by atoms with Gasteiger partial charge in [0.1, 0.15) is 17.3 Å². The van der Waals surface area contributed by atoms with Crippen molar-refractivity contribution in [1.82, 2.24) is 24.8 Å². The monoisotopic (exact) mass is 373 g/mol. The smallest absolute Gasteiger partial charge is 0.260 e. The van der Waals surface area contributed by atoms with Gasteiger partial charge in [-0.1, -0.05) is 5.21 Å². The van der Waals surface area contributed by atoms with Crippen LogP contribution in [0.1, 0.15) is 24.6 Å². The molecule has 0 bridgehead atoms. The first-order valence-corrected chi connectivity index (χ1v) is 8.93. The highest BCUT2D eigenvalue weighted by Gasteiger charge is 2.33. The summed E-state index contributed by atoms with van der Waals surface area (Å²) in [5.74, 6) is 0.143. The average Bonchev–Trinajstić information content (AvgIpc) is 3.23. The predicted molar refractivity (Wildman–Crippen MR) is 92.2 cm³/mol. The number of benzene rings is 1. The maximum Gasteiger partial charge on any atom is 0.260 e. The minimum Gasteiger partial charge on any atom is -0.484 e. The van der Waals surface area contributed by atoms with Gasteiger partial charge in [-0.05, 0) is 30.7 Å². The van der Waals surface area contributed by atoms with Crippen molar-refractivity contribution in [2.24, 2.45) is 0 Å². The number of ether oxygens (including phenoxy) is 1. The lowest BCUT2D eigenvalue weighted by atomic mass is 10.1. The molecule has 1 aromatic heterocycles. The molecule has 0 N–H and O–H groups in total. The highest BCUT2D eigenvalue weighted by Crippen LogP contribution is 2.21. The molecule has 8 nitrogen and oxygen atoms in total. The van der Waals surface area contributed by atoms with E-state index >= 15 is 0 Å². The molecular formula is C18H20FN5O3. The van der Waals surface area contributed by atoms with Crippen molar-refractivity contribution in [2.75, 3.05) is 26.2 Å². The SMILES string of the molecule is O=C1CCCN1Cc1cn(C2CN(C(=O)COc3ccc(F)cc3)C2)nn1. The molecule has 9 heteroatoms. The first kappa shape index (κ1) is 17.4. The fourth-order valence-electron chi connectivity index (χ4n) is 3.22. The number of rotatable bonds is 6. The second-order valence-electron chi connectivity index (χ2n) is 6.80. The van der Waals surface area contributed by atoms with Crippen LogP contribution in [0.3, 0.4) is 0 Å². The van der Waals surface area contributed by atoms with Crippen molar-refractivity contribution in [3.05, 3.63) is 42.0 Å². The van der Waals surface area contributed by atoms with E-state index in [4.69, 9.17) is 4.74 Å². The van der Waals surface area contributed by atoms with Crippen LogP contribution in [0.5, 0.6) is 5.75 Å². The highest BCUT2D eigenvalue weighted by atomic mass is 19.1. The Balaban J connectivity index is 1.23. The highest BCUT2D eigenvalue weighted by molar-refractivity contribution is 5.78. The van der Waals surface area contributed by atoms with Crippen LogP contribution < -0.4 is 4.74 Å². The zero-order chi connectivity index (χ0) is 18.8. The van der Waals surface area contributed by atoms with Gasteiger partial charge in [0.05, 0.1) is 18.8 Å². The first-order chi connectivity index (χ1) is 13.1. The molecule has 142 valence electrons. The molecule has 2 aliphatic heterocycles. The quantitative estimate of drug-likeness (QED) is 0.755. The van der Waals surface area contributed by atoms with Gasteiger partial charge in [-0.3, -0.25) is 9.59 Å². The molecule has 0 spiro atoms. The molecule has 3 heterocycles. The third kappa shape index (κ3) is 3.91. The number of hydrogen-bond acceptors (Lipinski definition) is 5. The van der Waals surface area contributed by atoms with E-state index in [0.29, 0.717) is 31.8 Å². The van der Waals surface area contributed by atoms with Gasteiger partial charge in [0.25, 0.3) is 5.91 Å². The topological polar surface area (TPSA) is 80.6 Å². The Hall–Kier alpha value is -2.97. The van der Waals surface area contributed by atoms with E-state index < -0.39 is 0 Å². The van der Waals surface area contributed by atoms with E-state index in [2.05, 4.69) is 10.3 Å². The normalized spacial score (nSPS) is 17.3. The van der Waals surface area contributed by atoms with Crippen LogP contribution in [0, 0.1) is 5.82 Å². The van der Waals surface area contributed by atoms with E-state index in [-0.39, 0.29) is 30.3 Å². The molecule has 2 amide bonds. The van der Waals surface area contributed by atoms with Gasteiger partial charge in [0.15, 0.2) is 6.61 Å². The molecule has 0 radical (unpaired) electrons. The molecule has 1 aromatic carbocycles. The summed E-state index contributed by atoms with van der Waals surface area (Å²) >= 11 is 0. The van der Waals surface area contributed by atoms with Crippen molar-refractivity contribution >= 4 is 11.8 Å². The Kier molecular flexibility index (Phi) is 4.74. The van der Waals surface area contributed by atoms with Crippen LogP contribution in [0.2, 0.25) is 0 Å². The number of carbonyl (C=O) groups is 2. The summed E-state index contributed by atoms with van der Waals surface area (Å²) in [7, 11) is 0. The first-order valence-electron chi connectivity index (χ1n) is 8.93. The fraction of sp³-hybridized carbons (Fsp3) is 0.444. The van der Waals surface area contributed by atoms with Crippen molar-refractivity contribution in [3.8, 4) is 5.75 Å². The van der Waals surface area contributed by atoms with Gasteiger partial charge in [-0.2, -0.15) is 0 Å². The van der Waals surface area contributed by atoms with Crippen LogP contribution in [-0.4, -0.2) is 62.8 Å². The summed E-state index contributed by atoms with van der Waals surface area (Å²) in [6.45, 7) is 2.25. The molecule has 0 aliphatic carbocycles. The summed E-state index contributed by atoms with van der Waals surface area (Å²) in [6, 6.07) is 5.64. The Morgan fingerprint density at radius 2 is 2.04 bits per heavy atom. The van der Waals surface area contributed by atoms with E-state index in [0.717, 1.165) is 18.7 Å². The van der Waals surface area contributed by atoms with E-state index in [9.17, 15) is 14.0 Å². The number of likely N-dealkylation sites (tertiary alicyclic amines) is 2. The summed E-state index contributed by atoms with van der Waals surface area (Å²) in [5, 5.41) is 8.26. The maximum absolute atomic E-state index is 12.9. The van der Waals surface area contributed by atoms with Crippen molar-refractivity contribution in [3.63, 3.8) is 0 Å². The maximum atomic E-state index is 12.9. The molecule has 4 rings (SSSR count). The Morgan fingerprint density at radius 1 is 1.26 bits per heavy atom. The number of aromatic nitrogens is 3. The molecule has 2 aromatic rings. The number of amides is 2. The molecule has 2 saturated heterocycles. The lowest BCUT2D eigenvalue weighted by Crippen LogP contribution is -2.52. The number of carbonyl (C=O) groups excluding carboxylic acids is 2. The number of nitrogens with zero attached hydrogens (tertiary/aromatic N) is 5. The second-order valence-corrected chi connectivity index (χ2v) is 6.80. The van der Waals surface area contributed by atoms with Gasteiger partial charge in [-0.15, -0.1) is 5.10 Å². The van der Waals surface area contributed by atoms with Crippen molar-refractivity contribution in [1.29, 1.82) is 0 Å². The van der Waals surface area contributed by atoms with E-state index in [1.807, 2.05) is 6.20 Å². The fourth-order valence-corrected chi connectivity index (χ4v) is 3.22. The van der Waals surface area contributed by atoms with Crippen molar-refractivity contribution in [2.45, 2.75) is 25.4 Å². The van der Waals surface area contributed by atoms with Gasteiger partial charge in [0.2, 0.25) is 5.91 Å². The lowest BCUT2D eigenvalue weighted by Gasteiger charge is -2.38. The summed E-state index contributed by atoms with van der Waals surface area (Å²) in [5.41, 5.74) is 0.759. The Morgan fingerprint density at radius 3 is 2.74 bits per heavy atom. The molecule has 0 saturated carbocycles. The number of halogens is 1. The molecule has 2 aliphatic rings. The largest absolute Gasteiger partial charge is 0.484 e. The van der Waals surface area contributed by atoms with Crippen LogP contribution in [0.15, 0.2) is 30.5 Å². The van der Waals surface area contributed by atoms with Gasteiger partial charge in [-0.25, -0.2) is 9.07 Å². The average molecular weight is 373 g/mol. The molecule has 27 heavy (non-hydrogen) atoms. The second kappa shape index (κ2) is 7.34. The van der Waals surface area contributed by atoms with E-state index in [1.54, 1.807) is 14.5 Å². The third-order valence-corrected chi connectivity index (χ3v) is 4.85. The third-order valence-electron chi connectivity index (χ3n) is 4.85. The Bertz CT molecular complexity index is 832. The van der Waals surface area contributed by atoms with E-state index in [1.165, 1.54) is 24.3 Å². The van der Waals surface area contributed by atoms with Crippen LogP contribution >= 0.6 is 0 Å². The van der Waals surface area contributed by atoms with Crippen molar-refractivity contribution < 1.29 is 18.7 Å². The van der Waals surface area contributed by atoms with Gasteiger partial charge < -0.3 is 14.5 Å². The molecule has 2 fully saturated rings. The van der Waals surface area contributed by atoms with Crippen LogP contribution in [-0.2, 0) is 16.1 Å². The summed E-state index contributed by atoms with van der Waals surface area (Å²) in [4.78, 5) is 27.3. The predicted octanol–water partition coefficient (Wildman–Crippen LogP) is 1.00. The number of hydrogen-bond donors (Lipinski definition) is 0. The lowest BCUT2D eigenvalue weighted by molar-refractivity contribution is -0.139. The summed E-state index contributed by atoms with van der Waals surface area (Å²) in [6.07, 6.45) is 3.34. The summed E-state index contributed by atoms with van der Waals surface area (Å²) < 4.78 is 20.0. The zero-order valence-corrected chi connectivity index (χ0v) is 14.8. The molecule has 0 unspecified atom stereocenters. The standard InChI is InChI=1S/C18H20FN5O3/c19-13-3-5-16(6-4-13)27-12-18(26)23-10-15(11-23)24-9-14(20-21-24)8-22-7-1-2-17(22)25/h3-6,9,15H,1-2,7-8,10-12H2. The molecule has 0 atom stereocenters. The zero-order valence-electron chi connectivity index (χ0n) is 14.8. The molecular weight excluding hydrogens is 353 g/mol. The van der Waals surface area contributed by atoms with Crippen LogP contribution in [0.4, 0.5) is 4.39 Å². The minimum atomic E-state index is -0.347. The van der Waals surface area contributed by atoms with Crippen LogP contribution in [0.25, 0.3) is 0 Å². The van der Waals surface area contributed by atoms with Gasteiger partial charge >= 0.3 is 0 Å².